The molecule has 0 saturated carbocycles. The molecule has 0 fully saturated rings. The maximum absolute atomic E-state index is 2.89. The van der Waals surface area contributed by atoms with E-state index in [0.29, 0.717) is 0 Å². The van der Waals surface area contributed by atoms with E-state index in [-0.39, 0.29) is 9.93 Å². The van der Waals surface area contributed by atoms with Crippen molar-refractivity contribution in [3.8, 4) is 0 Å². The summed E-state index contributed by atoms with van der Waals surface area (Å²) in [4.78, 5) is 0. The summed E-state index contributed by atoms with van der Waals surface area (Å²) in [7, 11) is -11.4. The zero-order valence-electron chi connectivity index (χ0n) is 35.8. The van der Waals surface area contributed by atoms with E-state index in [1.165, 1.54) is 0 Å². The second-order valence-corrected chi connectivity index (χ2v) is 129. The molecule has 0 unspecified atom stereocenters. The molecule has 0 aromatic rings. The molecule has 0 aromatic carbocycles. The van der Waals surface area contributed by atoms with Crippen molar-refractivity contribution in [1.29, 1.82) is 0 Å². The molecule has 0 aliphatic heterocycles. The highest BCUT2D eigenvalue weighted by Gasteiger charge is 2.60. The lowest BCUT2D eigenvalue weighted by Gasteiger charge is -2.85. The summed E-state index contributed by atoms with van der Waals surface area (Å²) in [6.07, 6.45) is 84.1. The molecule has 0 amide bonds. The molecule has 0 N–H and O–H groups in total. The monoisotopic (exact) mass is 900 g/mol. The average Bonchev–Trinajstić information content (AvgIpc) is 2.75. The van der Waals surface area contributed by atoms with Crippen molar-refractivity contribution in [2.24, 2.45) is 0 Å². The Hall–Kier alpha value is 4.90. The van der Waals surface area contributed by atoms with E-state index in [1.54, 1.807) is 0 Å². The third-order valence-electron chi connectivity index (χ3n) is 13.3. The lowest BCUT2D eigenvalue weighted by atomic mass is 11.8. The van der Waals surface area contributed by atoms with Crippen LogP contribution in [0.5, 0.6) is 0 Å². The van der Waals surface area contributed by atoms with Gasteiger partial charge in [0.25, 0.3) is 0 Å². The van der Waals surface area contributed by atoms with Crippen LogP contribution in [-0.4, -0.2) is 188 Å². The van der Waals surface area contributed by atoms with E-state index in [2.05, 4.69) is 188 Å². The van der Waals surface area contributed by atoms with Gasteiger partial charge in [-0.2, -0.15) is 97.1 Å². The minimum atomic E-state index is -1.76. The molecular weight excluding hydrogens is 809 g/mol. The first-order chi connectivity index (χ1) is 18.2. The Bertz CT molecular complexity index is 1060. The van der Waals surface area contributed by atoms with Gasteiger partial charge >= 0.3 is 0 Å². The van der Waals surface area contributed by atoms with Crippen molar-refractivity contribution >= 4 is 115 Å². The maximum Gasteiger partial charge on any atom is -0.0187 e. The Kier molecular flexibility index (Phi) is 14.5. The van der Waals surface area contributed by atoms with Crippen LogP contribution in [0.2, 0.25) is 0 Å². The first-order valence-corrected chi connectivity index (χ1v) is 57.2. The first-order valence-electron chi connectivity index (χ1n) is 14.7. The predicted octanol–water partition coefficient (Wildman–Crippen LogP) is 13.5. The van der Waals surface area contributed by atoms with E-state index in [4.69, 9.17) is 0 Å². The van der Waals surface area contributed by atoms with E-state index < -0.39 is 105 Å². The van der Waals surface area contributed by atoms with Crippen LogP contribution in [0, 0.1) is 0 Å². The van der Waals surface area contributed by atoms with Crippen molar-refractivity contribution in [2.75, 3.05) is 188 Å². The highest BCUT2D eigenvalue weighted by atomic mass is 34.1. The Labute approximate surface area is 298 Å². The molecule has 0 aromatic heterocycles. The Morgan fingerprint density at radius 3 is 0.591 bits per heavy atom. The van der Waals surface area contributed by atoms with Crippen LogP contribution in [0.15, 0.2) is 0 Å². The van der Waals surface area contributed by atoms with Gasteiger partial charge in [0.2, 0.25) is 0 Å². The molecule has 0 aliphatic carbocycles. The van der Waals surface area contributed by atoms with Gasteiger partial charge in [0, 0.05) is 0 Å². The normalized spacial score (nSPS) is 22.6. The van der Waals surface area contributed by atoms with Gasteiger partial charge < -0.3 is 0 Å². The van der Waals surface area contributed by atoms with E-state index in [0.717, 1.165) is 0 Å². The predicted molar refractivity (Wildman–Crippen MR) is 287 cm³/mol. The number of hydrogen-bond donors (Lipinski definition) is 2. The summed E-state index contributed by atoms with van der Waals surface area (Å²) < 4.78 is 0. The molecule has 0 nitrogen and oxygen atoms in total. The summed E-state index contributed by atoms with van der Waals surface area (Å²) in [5.41, 5.74) is 0. The quantitative estimate of drug-likeness (QED) is 0.134. The van der Waals surface area contributed by atoms with Gasteiger partial charge in [0.15, 0.2) is 0 Å². The van der Waals surface area contributed by atoms with Crippen LogP contribution in [-0.2, 0) is 0 Å². The standard InChI is InChI=1S/C30H92S14/c1-31(2)32(3,4)33(5,6)34(7,8)35(9,10)36(11,12)37(13,14)38(15,16)39(17,18)40(19,20)41(21,22)42(23,24)43(25,26)44(27,28,29)30/h31,44H,1-30H3. The summed E-state index contributed by atoms with van der Waals surface area (Å²) in [5, 5.41) is 0. The molecule has 0 atom stereocenters. The second kappa shape index (κ2) is 13.0. The summed E-state index contributed by atoms with van der Waals surface area (Å²) in [6.45, 7) is 0. The van der Waals surface area contributed by atoms with Crippen LogP contribution in [0.25, 0.3) is 0 Å². The first kappa shape index (κ1) is 48.9. The number of hydrogen-bond acceptors (Lipinski definition) is 0. The molecule has 44 heavy (non-hydrogen) atoms. The van der Waals surface area contributed by atoms with Gasteiger partial charge in [-0.15, -0.1) is 0 Å². The Balaban J connectivity index is 7.53. The third kappa shape index (κ3) is 6.65. The number of thiol groups is 2. The molecule has 0 spiro atoms. The fraction of sp³-hybridized carbons (Fsp3) is 1.00. The Morgan fingerprint density at radius 2 is 0.432 bits per heavy atom. The molecular formula is C30H92S14. The van der Waals surface area contributed by atoms with Gasteiger partial charge in [-0.3, -0.25) is 8.19 Å². The minimum Gasteiger partial charge on any atom is -0.264 e. The second-order valence-electron chi connectivity index (χ2n) is 18.0. The van der Waals surface area contributed by atoms with E-state index >= 15 is 0 Å². The summed E-state index contributed by atoms with van der Waals surface area (Å²) in [5.74, 6) is 0. The zero-order chi connectivity index (χ0) is 37.0. The SMILES string of the molecule is C[SH](C)S(C)(C)S(C)(C)S(C)(C)S(C)(C)S(C)(C)S(C)(C)S(C)(C)S(C)(C)S(C)(C)S(C)(C)S(C)(C)S(C)(C)[SH](C)(C)(C)C. The van der Waals surface area contributed by atoms with Crippen molar-refractivity contribution in [1.82, 2.24) is 0 Å². The van der Waals surface area contributed by atoms with Crippen molar-refractivity contribution in [2.45, 2.75) is 0 Å². The van der Waals surface area contributed by atoms with Gasteiger partial charge in [-0.1, -0.05) is 0 Å². The molecule has 296 valence electrons. The van der Waals surface area contributed by atoms with Gasteiger partial charge in [0.1, 0.15) is 0 Å². The minimum absolute atomic E-state index is 0.0830. The molecule has 0 saturated heterocycles. The van der Waals surface area contributed by atoms with E-state index in [9.17, 15) is 0 Å². The lowest BCUT2D eigenvalue weighted by Crippen LogP contribution is -2.29. The van der Waals surface area contributed by atoms with Gasteiger partial charge in [-0.25, -0.2) is 9.93 Å². The molecule has 0 radical (unpaired) electrons. The highest BCUT2D eigenvalue weighted by molar-refractivity contribution is 9.85. The topological polar surface area (TPSA) is 0 Å². The van der Waals surface area contributed by atoms with Crippen LogP contribution < -0.4 is 0 Å². The van der Waals surface area contributed by atoms with Crippen LogP contribution >= 0.6 is 115 Å². The van der Waals surface area contributed by atoms with Gasteiger partial charge in [-0.05, 0) is 188 Å². The number of rotatable bonds is 13. The largest absolute Gasteiger partial charge is 0.264 e. The maximum atomic E-state index is 2.89. The third-order valence-corrected chi connectivity index (χ3v) is 205. The van der Waals surface area contributed by atoms with Crippen molar-refractivity contribution in [3.05, 3.63) is 0 Å². The highest BCUT2D eigenvalue weighted by Crippen LogP contribution is 3.22. The molecule has 14 heteroatoms. The smallest absolute Gasteiger partial charge is 0.0187 e. The van der Waals surface area contributed by atoms with Gasteiger partial charge in [0.05, 0.1) is 0 Å². The van der Waals surface area contributed by atoms with Crippen LogP contribution in [0.3, 0.4) is 0 Å². The van der Waals surface area contributed by atoms with E-state index in [1.807, 2.05) is 0 Å². The molecule has 0 aliphatic rings. The average molecular weight is 902 g/mol. The fourth-order valence-corrected chi connectivity index (χ4v) is 231. The lowest BCUT2D eigenvalue weighted by molar-refractivity contribution is 1.99. The van der Waals surface area contributed by atoms with Crippen LogP contribution in [0.4, 0.5) is 0 Å². The summed E-state index contributed by atoms with van der Waals surface area (Å²) in [6, 6.07) is 0. The molecule has 0 heterocycles. The van der Waals surface area contributed by atoms with Crippen molar-refractivity contribution < 1.29 is 0 Å². The molecule has 0 bridgehead atoms. The zero-order valence-corrected chi connectivity index (χ0v) is 47.4. The van der Waals surface area contributed by atoms with Crippen LogP contribution in [0.1, 0.15) is 0 Å². The fourth-order valence-electron chi connectivity index (χ4n) is 5.04. The Morgan fingerprint density at radius 1 is 0.273 bits per heavy atom. The summed E-state index contributed by atoms with van der Waals surface area (Å²) >= 11 is 0. The molecule has 0 rings (SSSR count). The van der Waals surface area contributed by atoms with Crippen molar-refractivity contribution in [3.63, 3.8) is 0 Å².